The molecular formula is C25H24N2O3S. The van der Waals surface area contributed by atoms with Crippen LogP contribution in [0.2, 0.25) is 0 Å². The molecule has 3 aromatic rings. The standard InChI is InChI=1S/C25H24N2O3S/c1-3-21-16-20(14-15-24(21)27-31(2,29)30)18-26-25(28)23(22-12-8-5-9-13-22)17-19-10-6-4-7-11-19/h3-17,27H,1,18H2,2H3,(H,26,28)/b23-17+. The van der Waals surface area contributed by atoms with Crippen LogP contribution in [0.3, 0.4) is 0 Å². The lowest BCUT2D eigenvalue weighted by Crippen LogP contribution is -2.24. The van der Waals surface area contributed by atoms with Crippen molar-refractivity contribution in [1.82, 2.24) is 5.32 Å². The zero-order chi connectivity index (χ0) is 22.3. The van der Waals surface area contributed by atoms with Gasteiger partial charge in [0, 0.05) is 12.1 Å². The molecule has 2 N–H and O–H groups in total. The van der Waals surface area contributed by atoms with Crippen LogP contribution in [0.25, 0.3) is 17.7 Å². The van der Waals surface area contributed by atoms with Gasteiger partial charge in [0.2, 0.25) is 10.0 Å². The van der Waals surface area contributed by atoms with E-state index in [0.717, 1.165) is 22.9 Å². The molecule has 0 aliphatic heterocycles. The van der Waals surface area contributed by atoms with Gasteiger partial charge in [-0.2, -0.15) is 0 Å². The first-order valence-electron chi connectivity index (χ1n) is 9.69. The third kappa shape index (κ3) is 6.42. The number of nitrogens with one attached hydrogen (secondary N) is 2. The molecule has 3 aromatic carbocycles. The molecule has 0 radical (unpaired) electrons. The second-order valence-electron chi connectivity index (χ2n) is 7.02. The van der Waals surface area contributed by atoms with Crippen LogP contribution >= 0.6 is 0 Å². The highest BCUT2D eigenvalue weighted by atomic mass is 32.2. The maximum atomic E-state index is 13.0. The summed E-state index contributed by atoms with van der Waals surface area (Å²) in [5.41, 5.74) is 4.23. The Morgan fingerprint density at radius 3 is 2.23 bits per heavy atom. The Morgan fingerprint density at radius 1 is 0.968 bits per heavy atom. The molecule has 0 bridgehead atoms. The topological polar surface area (TPSA) is 75.3 Å². The zero-order valence-electron chi connectivity index (χ0n) is 17.2. The fraction of sp³-hybridized carbons (Fsp3) is 0.0800. The van der Waals surface area contributed by atoms with Crippen molar-refractivity contribution in [2.45, 2.75) is 6.54 Å². The predicted molar refractivity (Wildman–Crippen MR) is 128 cm³/mol. The van der Waals surface area contributed by atoms with Crippen molar-refractivity contribution < 1.29 is 13.2 Å². The molecular weight excluding hydrogens is 408 g/mol. The van der Waals surface area contributed by atoms with E-state index in [2.05, 4.69) is 16.6 Å². The van der Waals surface area contributed by atoms with Crippen molar-refractivity contribution in [3.05, 3.63) is 108 Å². The molecule has 0 spiro atoms. The molecule has 0 fully saturated rings. The van der Waals surface area contributed by atoms with Crippen LogP contribution in [0.15, 0.2) is 85.4 Å². The highest BCUT2D eigenvalue weighted by Crippen LogP contribution is 2.21. The maximum Gasteiger partial charge on any atom is 0.252 e. The van der Waals surface area contributed by atoms with Crippen LogP contribution in [0, 0.1) is 0 Å². The van der Waals surface area contributed by atoms with Gasteiger partial charge < -0.3 is 5.32 Å². The van der Waals surface area contributed by atoms with E-state index in [1.165, 1.54) is 0 Å². The van der Waals surface area contributed by atoms with Crippen LogP contribution in [0.4, 0.5) is 5.69 Å². The number of rotatable bonds is 8. The predicted octanol–water partition coefficient (Wildman–Crippen LogP) is 4.56. The Morgan fingerprint density at radius 2 is 1.61 bits per heavy atom. The SMILES string of the molecule is C=Cc1cc(CNC(=O)/C(=C/c2ccccc2)c2ccccc2)ccc1NS(C)(=O)=O. The molecule has 1 amide bonds. The fourth-order valence-electron chi connectivity index (χ4n) is 3.07. The largest absolute Gasteiger partial charge is 0.348 e. The Bertz CT molecular complexity index is 1200. The summed E-state index contributed by atoms with van der Waals surface area (Å²) in [6.07, 6.45) is 4.53. The minimum Gasteiger partial charge on any atom is -0.348 e. The fourth-order valence-corrected chi connectivity index (χ4v) is 3.66. The Kier molecular flexibility index (Phi) is 7.05. The quantitative estimate of drug-likeness (QED) is 0.405. The molecule has 5 nitrogen and oxygen atoms in total. The Hall–Kier alpha value is -3.64. The summed E-state index contributed by atoms with van der Waals surface area (Å²) in [6.45, 7) is 4.03. The molecule has 0 aliphatic rings. The van der Waals surface area contributed by atoms with Crippen molar-refractivity contribution in [2.75, 3.05) is 11.0 Å². The average molecular weight is 433 g/mol. The van der Waals surface area contributed by atoms with Gasteiger partial charge in [-0.05, 0) is 40.5 Å². The van der Waals surface area contributed by atoms with Crippen LogP contribution in [-0.4, -0.2) is 20.6 Å². The van der Waals surface area contributed by atoms with Gasteiger partial charge in [0.05, 0.1) is 11.9 Å². The number of hydrogen-bond donors (Lipinski definition) is 2. The minimum absolute atomic E-state index is 0.200. The number of hydrogen-bond acceptors (Lipinski definition) is 3. The molecule has 0 aliphatic carbocycles. The monoisotopic (exact) mass is 432 g/mol. The molecule has 31 heavy (non-hydrogen) atoms. The van der Waals surface area contributed by atoms with Gasteiger partial charge in [-0.1, -0.05) is 79.4 Å². The van der Waals surface area contributed by atoms with E-state index < -0.39 is 10.0 Å². The second kappa shape index (κ2) is 9.91. The van der Waals surface area contributed by atoms with Gasteiger partial charge in [-0.15, -0.1) is 0 Å². The summed E-state index contributed by atoms with van der Waals surface area (Å²) in [6, 6.07) is 24.4. The summed E-state index contributed by atoms with van der Waals surface area (Å²) in [5, 5.41) is 2.96. The maximum absolute atomic E-state index is 13.0. The van der Waals surface area contributed by atoms with Gasteiger partial charge in [0.25, 0.3) is 5.91 Å². The summed E-state index contributed by atoms with van der Waals surface area (Å²) < 4.78 is 25.5. The van der Waals surface area contributed by atoms with Crippen LogP contribution in [0.5, 0.6) is 0 Å². The van der Waals surface area contributed by atoms with E-state index in [0.29, 0.717) is 16.8 Å². The van der Waals surface area contributed by atoms with Crippen molar-refractivity contribution in [3.8, 4) is 0 Å². The zero-order valence-corrected chi connectivity index (χ0v) is 18.0. The third-order valence-electron chi connectivity index (χ3n) is 4.52. The first-order chi connectivity index (χ1) is 14.9. The van der Waals surface area contributed by atoms with Gasteiger partial charge in [-0.25, -0.2) is 8.42 Å². The number of sulfonamides is 1. The van der Waals surface area contributed by atoms with Crippen molar-refractivity contribution in [2.24, 2.45) is 0 Å². The molecule has 0 aromatic heterocycles. The smallest absolute Gasteiger partial charge is 0.252 e. The first kappa shape index (κ1) is 22.1. The van der Waals surface area contributed by atoms with Crippen molar-refractivity contribution in [1.29, 1.82) is 0 Å². The molecule has 0 atom stereocenters. The average Bonchev–Trinajstić information content (AvgIpc) is 2.77. The summed E-state index contributed by atoms with van der Waals surface area (Å²) in [7, 11) is -3.39. The molecule has 0 saturated carbocycles. The lowest BCUT2D eigenvalue weighted by Gasteiger charge is -2.12. The van der Waals surface area contributed by atoms with Crippen LogP contribution in [0.1, 0.15) is 22.3 Å². The number of amides is 1. The first-order valence-corrected chi connectivity index (χ1v) is 11.6. The van der Waals surface area contributed by atoms with Gasteiger partial charge in [0.1, 0.15) is 0 Å². The van der Waals surface area contributed by atoms with E-state index in [4.69, 9.17) is 0 Å². The van der Waals surface area contributed by atoms with Gasteiger partial charge in [-0.3, -0.25) is 9.52 Å². The molecule has 158 valence electrons. The van der Waals surface area contributed by atoms with E-state index >= 15 is 0 Å². The van der Waals surface area contributed by atoms with E-state index in [9.17, 15) is 13.2 Å². The highest BCUT2D eigenvalue weighted by molar-refractivity contribution is 7.92. The van der Waals surface area contributed by atoms with E-state index in [1.54, 1.807) is 24.3 Å². The normalized spacial score (nSPS) is 11.6. The summed E-state index contributed by atoms with van der Waals surface area (Å²) >= 11 is 0. The van der Waals surface area contributed by atoms with Crippen LogP contribution < -0.4 is 10.0 Å². The number of carbonyl (C=O) groups is 1. The van der Waals surface area contributed by atoms with E-state index in [-0.39, 0.29) is 12.5 Å². The third-order valence-corrected chi connectivity index (χ3v) is 5.12. The number of anilines is 1. The Balaban J connectivity index is 1.81. The minimum atomic E-state index is -3.39. The van der Waals surface area contributed by atoms with Crippen molar-refractivity contribution >= 4 is 39.3 Å². The van der Waals surface area contributed by atoms with Gasteiger partial charge >= 0.3 is 0 Å². The van der Waals surface area contributed by atoms with Crippen molar-refractivity contribution in [3.63, 3.8) is 0 Å². The molecule has 0 saturated heterocycles. The van der Waals surface area contributed by atoms with Gasteiger partial charge in [0.15, 0.2) is 0 Å². The molecule has 6 heteroatoms. The summed E-state index contributed by atoms with van der Waals surface area (Å²) in [4.78, 5) is 13.0. The lowest BCUT2D eigenvalue weighted by molar-refractivity contribution is -0.115. The lowest BCUT2D eigenvalue weighted by atomic mass is 10.0. The number of benzene rings is 3. The highest BCUT2D eigenvalue weighted by Gasteiger charge is 2.13. The number of carbonyl (C=O) groups excluding carboxylic acids is 1. The van der Waals surface area contributed by atoms with Crippen LogP contribution in [-0.2, 0) is 21.4 Å². The molecule has 3 rings (SSSR count). The second-order valence-corrected chi connectivity index (χ2v) is 8.77. The van der Waals surface area contributed by atoms with E-state index in [1.807, 2.05) is 66.7 Å². The molecule has 0 unspecified atom stereocenters. The summed E-state index contributed by atoms with van der Waals surface area (Å²) in [5.74, 6) is -0.200. The molecule has 0 heterocycles. The Labute approximate surface area is 183 Å².